The van der Waals surface area contributed by atoms with Gasteiger partial charge in [-0.3, -0.25) is 19.4 Å². The highest BCUT2D eigenvalue weighted by atomic mass is 32.2. The van der Waals surface area contributed by atoms with Crippen molar-refractivity contribution in [3.8, 4) is 0 Å². The SMILES string of the molecule is CCC(=O)C1=C(c2ccc3ccccc3c2)CC2CCC1N2CCCN(CCSC(c1ccccc1)(c1ccccc1)c1ccccc1)CC(=O)NCCSC(c1ccccc1)(c1ccccc1)c1ccccc1. The van der Waals surface area contributed by atoms with Crippen molar-refractivity contribution in [3.63, 3.8) is 0 Å². The van der Waals surface area contributed by atoms with Gasteiger partial charge in [0.25, 0.3) is 0 Å². The molecule has 8 aromatic carbocycles. The predicted octanol–water partition coefficient (Wildman–Crippen LogP) is 14.1. The third-order valence-corrected chi connectivity index (χ3v) is 18.3. The molecule has 2 aliphatic rings. The van der Waals surface area contributed by atoms with Crippen molar-refractivity contribution in [3.05, 3.63) is 269 Å². The summed E-state index contributed by atoms with van der Waals surface area (Å²) in [5.74, 6) is 1.83. The van der Waals surface area contributed by atoms with E-state index in [2.05, 4.69) is 240 Å². The van der Waals surface area contributed by atoms with Crippen LogP contribution >= 0.6 is 23.5 Å². The quantitative estimate of drug-likeness (QED) is 0.0509. The second kappa shape index (κ2) is 24.2. The van der Waals surface area contributed by atoms with Crippen molar-refractivity contribution in [2.45, 2.75) is 60.6 Å². The second-order valence-corrected chi connectivity index (χ2v) is 22.3. The van der Waals surface area contributed by atoms with Crippen LogP contribution in [0.25, 0.3) is 16.3 Å². The molecule has 10 rings (SSSR count). The smallest absolute Gasteiger partial charge is 0.234 e. The van der Waals surface area contributed by atoms with Gasteiger partial charge in [-0.1, -0.05) is 225 Å². The van der Waals surface area contributed by atoms with E-state index in [1.165, 1.54) is 55.3 Å². The minimum atomic E-state index is -0.457. The molecule has 0 saturated carbocycles. The zero-order valence-electron chi connectivity index (χ0n) is 42.5. The van der Waals surface area contributed by atoms with Crippen molar-refractivity contribution >= 4 is 51.6 Å². The predicted molar refractivity (Wildman–Crippen MR) is 312 cm³/mol. The number of carbonyl (C=O) groups excluding carboxylic acids is 2. The molecule has 5 nitrogen and oxygen atoms in total. The first kappa shape index (κ1) is 51.0. The lowest BCUT2D eigenvalue weighted by molar-refractivity contribution is -0.122. The molecule has 2 atom stereocenters. The Morgan fingerprint density at radius 2 is 1.01 bits per heavy atom. The Kier molecular flexibility index (Phi) is 16.7. The zero-order valence-corrected chi connectivity index (χ0v) is 44.2. The van der Waals surface area contributed by atoms with Crippen LogP contribution in [0.5, 0.6) is 0 Å². The van der Waals surface area contributed by atoms with Crippen molar-refractivity contribution < 1.29 is 9.59 Å². The van der Waals surface area contributed by atoms with Crippen LogP contribution in [0.3, 0.4) is 0 Å². The Bertz CT molecular complexity index is 2920. The van der Waals surface area contributed by atoms with Gasteiger partial charge >= 0.3 is 0 Å². The van der Waals surface area contributed by atoms with Gasteiger partial charge in [-0.05, 0) is 93.6 Å². The first-order valence-electron chi connectivity index (χ1n) is 26.6. The third-order valence-electron chi connectivity index (χ3n) is 15.3. The van der Waals surface area contributed by atoms with E-state index < -0.39 is 9.49 Å². The number of amides is 1. The molecule has 2 unspecified atom stereocenters. The maximum atomic E-state index is 14.4. The minimum Gasteiger partial charge on any atom is -0.354 e. The van der Waals surface area contributed by atoms with E-state index in [0.29, 0.717) is 25.6 Å². The average Bonchev–Trinajstić information content (AvgIpc) is 3.74. The van der Waals surface area contributed by atoms with Gasteiger partial charge in [0, 0.05) is 55.2 Å². The van der Waals surface area contributed by atoms with Crippen LogP contribution in [-0.4, -0.2) is 77.8 Å². The third kappa shape index (κ3) is 11.0. The van der Waals surface area contributed by atoms with Crippen LogP contribution in [0.1, 0.15) is 78.0 Å². The number of benzene rings is 8. The fourth-order valence-electron chi connectivity index (χ4n) is 11.8. The first-order chi connectivity index (χ1) is 36.5. The number of hydrogen-bond acceptors (Lipinski definition) is 6. The van der Waals surface area contributed by atoms with Crippen molar-refractivity contribution in [1.29, 1.82) is 0 Å². The van der Waals surface area contributed by atoms with Crippen LogP contribution in [0.4, 0.5) is 0 Å². The fourth-order valence-corrected chi connectivity index (χ4v) is 14.8. The Morgan fingerprint density at radius 1 is 0.554 bits per heavy atom. The monoisotopic (exact) mass is 1010 g/mol. The number of carbonyl (C=O) groups is 2. The number of nitrogens with one attached hydrogen (secondary N) is 1. The van der Waals surface area contributed by atoms with Crippen molar-refractivity contribution in [2.75, 3.05) is 44.2 Å². The summed E-state index contributed by atoms with van der Waals surface area (Å²) in [7, 11) is 0. The maximum absolute atomic E-state index is 14.4. The molecule has 374 valence electrons. The summed E-state index contributed by atoms with van der Waals surface area (Å²) in [6.07, 6.45) is 4.38. The molecule has 0 aromatic heterocycles. The zero-order chi connectivity index (χ0) is 50.6. The lowest BCUT2D eigenvalue weighted by atomic mass is 9.84. The highest BCUT2D eigenvalue weighted by Gasteiger charge is 2.43. The van der Waals surface area contributed by atoms with Gasteiger partial charge in [-0.25, -0.2) is 0 Å². The fraction of sp³-hybridized carbons (Fsp3) is 0.254. The number of hydrogen-bond donors (Lipinski definition) is 1. The van der Waals surface area contributed by atoms with E-state index in [9.17, 15) is 9.59 Å². The summed E-state index contributed by atoms with van der Waals surface area (Å²) in [5.41, 5.74) is 10.8. The number of rotatable bonds is 23. The van der Waals surface area contributed by atoms with Gasteiger partial charge < -0.3 is 5.32 Å². The van der Waals surface area contributed by atoms with E-state index in [1.807, 2.05) is 30.4 Å². The summed E-state index contributed by atoms with van der Waals surface area (Å²) in [6, 6.07) is 80.7. The van der Waals surface area contributed by atoms with Gasteiger partial charge in [0.05, 0.1) is 16.0 Å². The Hall–Kier alpha value is -6.48. The highest BCUT2D eigenvalue weighted by Crippen LogP contribution is 2.50. The standard InChI is InChI=1S/C67H67N3O2S2/c1-2-63(71)65-61(53-39-38-51-24-21-22-25-52(51)48-53)49-60-40-41-62(65)70(60)44-23-43-69(45-47-74-67(57-32-15-6-16-33-57,58-34-17-7-18-35-58)59-36-19-8-20-37-59)50-64(72)68-42-46-73-66(54-26-9-3-10-27-54,55-28-11-4-12-29-55)56-30-13-5-14-31-56/h3-22,24-39,48,60,62H,2,23,40-47,49-50H2,1H3,(H,68,72). The molecule has 2 aliphatic heterocycles. The topological polar surface area (TPSA) is 52.7 Å². The van der Waals surface area contributed by atoms with Crippen LogP contribution < -0.4 is 5.32 Å². The summed E-state index contributed by atoms with van der Waals surface area (Å²) < 4.78 is -0.913. The molecule has 0 spiro atoms. The van der Waals surface area contributed by atoms with Crippen molar-refractivity contribution in [2.24, 2.45) is 0 Å². The molecule has 7 heteroatoms. The first-order valence-corrected chi connectivity index (χ1v) is 28.6. The van der Waals surface area contributed by atoms with Crippen LogP contribution in [0.2, 0.25) is 0 Å². The van der Waals surface area contributed by atoms with Crippen LogP contribution in [0.15, 0.2) is 230 Å². The Labute approximate surface area is 447 Å². The summed E-state index contributed by atoms with van der Waals surface area (Å²) >= 11 is 3.82. The summed E-state index contributed by atoms with van der Waals surface area (Å²) in [4.78, 5) is 33.4. The molecule has 1 N–H and O–H groups in total. The molecular formula is C67H67N3O2S2. The van der Waals surface area contributed by atoms with E-state index >= 15 is 0 Å². The van der Waals surface area contributed by atoms with Crippen molar-refractivity contribution in [1.82, 2.24) is 15.1 Å². The number of fused-ring (bicyclic) bond motifs is 3. The molecule has 1 amide bonds. The van der Waals surface area contributed by atoms with E-state index in [0.717, 1.165) is 62.4 Å². The molecule has 0 aliphatic carbocycles. The molecule has 1 fully saturated rings. The normalized spacial score (nSPS) is 15.9. The van der Waals surface area contributed by atoms with Gasteiger partial charge in [0.2, 0.25) is 5.91 Å². The van der Waals surface area contributed by atoms with E-state index in [-0.39, 0.29) is 17.7 Å². The van der Waals surface area contributed by atoms with Crippen LogP contribution in [0, 0.1) is 0 Å². The summed E-state index contributed by atoms with van der Waals surface area (Å²) in [6.45, 7) is 5.23. The lowest BCUT2D eigenvalue weighted by Gasteiger charge is -2.38. The van der Waals surface area contributed by atoms with E-state index in [1.54, 1.807) is 0 Å². The molecule has 1 saturated heterocycles. The molecule has 2 bridgehead atoms. The Morgan fingerprint density at radius 3 is 1.50 bits per heavy atom. The number of Topliss-reactive ketones (excluding diaryl/α,β-unsaturated/α-hetero) is 1. The Balaban J connectivity index is 0.885. The molecular weight excluding hydrogens is 943 g/mol. The molecule has 2 heterocycles. The molecule has 74 heavy (non-hydrogen) atoms. The number of ketones is 1. The maximum Gasteiger partial charge on any atom is 0.234 e. The largest absolute Gasteiger partial charge is 0.354 e. The molecule has 8 aromatic rings. The van der Waals surface area contributed by atoms with Gasteiger partial charge in [-0.2, -0.15) is 0 Å². The van der Waals surface area contributed by atoms with Gasteiger partial charge in [0.1, 0.15) is 0 Å². The summed E-state index contributed by atoms with van der Waals surface area (Å²) in [5, 5.41) is 5.82. The van der Waals surface area contributed by atoms with E-state index in [4.69, 9.17) is 0 Å². The second-order valence-electron chi connectivity index (χ2n) is 19.7. The number of nitrogens with zero attached hydrogens (tertiary/aromatic N) is 2. The minimum absolute atomic E-state index is 0.0394. The molecule has 0 radical (unpaired) electrons. The van der Waals surface area contributed by atoms with Crippen LogP contribution in [-0.2, 0) is 19.1 Å². The average molecular weight is 1010 g/mol. The van der Waals surface area contributed by atoms with Gasteiger partial charge in [-0.15, -0.1) is 23.5 Å². The van der Waals surface area contributed by atoms with Gasteiger partial charge in [0.15, 0.2) is 5.78 Å². The lowest BCUT2D eigenvalue weighted by Crippen LogP contribution is -2.45. The highest BCUT2D eigenvalue weighted by molar-refractivity contribution is 8.00. The number of thioether (sulfide) groups is 2.